The summed E-state index contributed by atoms with van der Waals surface area (Å²) in [6, 6.07) is 0. The van der Waals surface area contributed by atoms with Crippen molar-refractivity contribution in [2.75, 3.05) is 6.61 Å². The van der Waals surface area contributed by atoms with Crippen molar-refractivity contribution >= 4 is 0 Å². The second-order valence-electron chi connectivity index (χ2n) is 3.34. The summed E-state index contributed by atoms with van der Waals surface area (Å²) in [4.78, 5) is 0. The van der Waals surface area contributed by atoms with Crippen molar-refractivity contribution < 1.29 is 20.1 Å². The molecule has 1 heterocycles. The lowest BCUT2D eigenvalue weighted by Gasteiger charge is -2.43. The quantitative estimate of drug-likeness (QED) is 0.492. The number of rotatable bonds is 1. The maximum atomic E-state index is 9.81. The first-order chi connectivity index (χ1) is 5.52. The molecule has 72 valence electrons. The van der Waals surface area contributed by atoms with Gasteiger partial charge in [0.2, 0.25) is 0 Å². The molecule has 0 aromatic rings. The Balaban J connectivity index is 2.78. The zero-order valence-electron chi connectivity index (χ0n) is 7.40. The molecule has 4 atom stereocenters. The Labute approximate surface area is 71.8 Å². The molecule has 0 saturated carbocycles. The lowest BCUT2D eigenvalue weighted by molar-refractivity contribution is -0.238. The van der Waals surface area contributed by atoms with Crippen LogP contribution in [0.2, 0.25) is 0 Å². The Kier molecular flexibility index (Phi) is 2.73. The van der Waals surface area contributed by atoms with Gasteiger partial charge in [-0.15, -0.1) is 0 Å². The van der Waals surface area contributed by atoms with Crippen LogP contribution < -0.4 is 0 Å². The van der Waals surface area contributed by atoms with E-state index in [-0.39, 0.29) is 6.61 Å². The van der Waals surface area contributed by atoms with Crippen LogP contribution >= 0.6 is 0 Å². The van der Waals surface area contributed by atoms with Gasteiger partial charge in [-0.3, -0.25) is 0 Å². The van der Waals surface area contributed by atoms with Gasteiger partial charge < -0.3 is 20.1 Å². The highest BCUT2D eigenvalue weighted by Crippen LogP contribution is 2.28. The lowest BCUT2D eigenvalue weighted by Crippen LogP contribution is -2.61. The number of hydrogen-bond acceptors (Lipinski definition) is 4. The van der Waals surface area contributed by atoms with Crippen LogP contribution in [-0.2, 0) is 4.74 Å². The summed E-state index contributed by atoms with van der Waals surface area (Å²) in [6.07, 6.45) is -2.10. The fraction of sp³-hybridized carbons (Fsp3) is 1.00. The Morgan fingerprint density at radius 2 is 2.08 bits per heavy atom. The molecule has 0 amide bonds. The van der Waals surface area contributed by atoms with E-state index in [4.69, 9.17) is 4.74 Å². The number of ether oxygens (including phenoxy) is 1. The molecule has 1 fully saturated rings. The SMILES string of the molecule is CCC1(O)C(O)COC(C)[C@H]1O. The molecule has 0 bridgehead atoms. The predicted octanol–water partition coefficient (Wildman–Crippen LogP) is -0.732. The normalized spacial score (nSPS) is 49.2. The summed E-state index contributed by atoms with van der Waals surface area (Å²) in [5.74, 6) is 0. The van der Waals surface area contributed by atoms with E-state index in [9.17, 15) is 15.3 Å². The first-order valence-electron chi connectivity index (χ1n) is 4.22. The largest absolute Gasteiger partial charge is 0.388 e. The average Bonchev–Trinajstić information content (AvgIpc) is 2.08. The summed E-state index contributed by atoms with van der Waals surface area (Å²) >= 11 is 0. The third-order valence-electron chi connectivity index (χ3n) is 2.62. The van der Waals surface area contributed by atoms with Crippen LogP contribution in [0.3, 0.4) is 0 Å². The first-order valence-corrected chi connectivity index (χ1v) is 4.22. The van der Waals surface area contributed by atoms with Gasteiger partial charge in [0.15, 0.2) is 0 Å². The minimum atomic E-state index is -1.41. The van der Waals surface area contributed by atoms with Crippen LogP contribution in [-0.4, -0.2) is 45.8 Å². The standard InChI is InChI=1S/C8H16O4/c1-3-8(11)6(9)4-12-5(2)7(8)10/h5-7,9-11H,3-4H2,1-2H3/t5?,6?,7-,8?/m1/s1. The van der Waals surface area contributed by atoms with E-state index in [1.165, 1.54) is 0 Å². The molecule has 12 heavy (non-hydrogen) atoms. The van der Waals surface area contributed by atoms with Crippen molar-refractivity contribution in [2.45, 2.75) is 44.2 Å². The van der Waals surface area contributed by atoms with E-state index in [0.717, 1.165) is 0 Å². The van der Waals surface area contributed by atoms with Gasteiger partial charge in [0.25, 0.3) is 0 Å². The van der Waals surface area contributed by atoms with E-state index in [0.29, 0.717) is 6.42 Å². The van der Waals surface area contributed by atoms with Gasteiger partial charge >= 0.3 is 0 Å². The molecule has 3 N–H and O–H groups in total. The molecule has 0 radical (unpaired) electrons. The van der Waals surface area contributed by atoms with E-state index < -0.39 is 23.9 Å². The average molecular weight is 176 g/mol. The summed E-state index contributed by atoms with van der Waals surface area (Å²) in [5, 5.41) is 28.7. The Bertz CT molecular complexity index is 161. The minimum absolute atomic E-state index is 0.0859. The van der Waals surface area contributed by atoms with Gasteiger partial charge in [-0.05, 0) is 13.3 Å². The first kappa shape index (κ1) is 9.92. The van der Waals surface area contributed by atoms with Crippen molar-refractivity contribution in [3.63, 3.8) is 0 Å². The highest BCUT2D eigenvalue weighted by Gasteiger charge is 2.47. The summed E-state index contributed by atoms with van der Waals surface area (Å²) in [6.45, 7) is 3.49. The van der Waals surface area contributed by atoms with Gasteiger partial charge in [0.05, 0.1) is 12.7 Å². The molecule has 4 nitrogen and oxygen atoms in total. The smallest absolute Gasteiger partial charge is 0.121 e. The maximum absolute atomic E-state index is 9.81. The van der Waals surface area contributed by atoms with Gasteiger partial charge in [0.1, 0.15) is 17.8 Å². The summed E-state index contributed by atoms with van der Waals surface area (Å²) in [5.41, 5.74) is -1.41. The molecule has 3 unspecified atom stereocenters. The van der Waals surface area contributed by atoms with Gasteiger partial charge in [-0.2, -0.15) is 0 Å². The van der Waals surface area contributed by atoms with E-state index in [2.05, 4.69) is 0 Å². The fourth-order valence-corrected chi connectivity index (χ4v) is 1.53. The molecule has 4 heteroatoms. The molecule has 1 aliphatic rings. The fourth-order valence-electron chi connectivity index (χ4n) is 1.53. The highest BCUT2D eigenvalue weighted by molar-refractivity contribution is 4.97. The van der Waals surface area contributed by atoms with E-state index >= 15 is 0 Å². The molecule has 0 spiro atoms. The zero-order chi connectivity index (χ0) is 9.35. The lowest BCUT2D eigenvalue weighted by atomic mass is 9.83. The molecule has 0 aliphatic carbocycles. The van der Waals surface area contributed by atoms with Crippen LogP contribution in [0.1, 0.15) is 20.3 Å². The second-order valence-corrected chi connectivity index (χ2v) is 3.34. The monoisotopic (exact) mass is 176 g/mol. The molecule has 1 saturated heterocycles. The van der Waals surface area contributed by atoms with Gasteiger partial charge in [0, 0.05) is 0 Å². The third-order valence-corrected chi connectivity index (χ3v) is 2.62. The topological polar surface area (TPSA) is 69.9 Å². The molecule has 0 aromatic carbocycles. The molecule has 1 aliphatic heterocycles. The maximum Gasteiger partial charge on any atom is 0.121 e. The third kappa shape index (κ3) is 1.35. The van der Waals surface area contributed by atoms with Gasteiger partial charge in [-0.1, -0.05) is 6.92 Å². The summed E-state index contributed by atoms with van der Waals surface area (Å²) in [7, 11) is 0. The second kappa shape index (κ2) is 3.30. The predicted molar refractivity (Wildman–Crippen MR) is 42.7 cm³/mol. The Morgan fingerprint density at radius 1 is 1.50 bits per heavy atom. The van der Waals surface area contributed by atoms with Gasteiger partial charge in [-0.25, -0.2) is 0 Å². The van der Waals surface area contributed by atoms with Crippen LogP contribution in [0.15, 0.2) is 0 Å². The number of aliphatic hydroxyl groups excluding tert-OH is 2. The van der Waals surface area contributed by atoms with Crippen molar-refractivity contribution in [3.8, 4) is 0 Å². The van der Waals surface area contributed by atoms with E-state index in [1.54, 1.807) is 13.8 Å². The van der Waals surface area contributed by atoms with E-state index in [1.807, 2.05) is 0 Å². The molecule has 0 aromatic heterocycles. The zero-order valence-corrected chi connectivity index (χ0v) is 7.40. The Morgan fingerprint density at radius 3 is 2.50 bits per heavy atom. The summed E-state index contributed by atoms with van der Waals surface area (Å²) < 4.78 is 5.04. The van der Waals surface area contributed by atoms with Crippen LogP contribution in [0.5, 0.6) is 0 Å². The molecular formula is C8H16O4. The van der Waals surface area contributed by atoms with Crippen LogP contribution in [0.4, 0.5) is 0 Å². The van der Waals surface area contributed by atoms with Crippen molar-refractivity contribution in [1.82, 2.24) is 0 Å². The molecule has 1 rings (SSSR count). The van der Waals surface area contributed by atoms with Crippen molar-refractivity contribution in [1.29, 1.82) is 0 Å². The minimum Gasteiger partial charge on any atom is -0.388 e. The highest BCUT2D eigenvalue weighted by atomic mass is 16.5. The Hall–Kier alpha value is -0.160. The van der Waals surface area contributed by atoms with Crippen molar-refractivity contribution in [3.05, 3.63) is 0 Å². The van der Waals surface area contributed by atoms with Crippen LogP contribution in [0.25, 0.3) is 0 Å². The molecular weight excluding hydrogens is 160 g/mol. The van der Waals surface area contributed by atoms with Crippen molar-refractivity contribution in [2.24, 2.45) is 0 Å². The number of hydrogen-bond donors (Lipinski definition) is 3. The van der Waals surface area contributed by atoms with Crippen LogP contribution in [0, 0.1) is 0 Å². The number of aliphatic hydroxyl groups is 3.